The molecule has 6 heteroatoms. The molecule has 0 aromatic heterocycles. The maximum Gasteiger partial charge on any atom is 0.110 e. The van der Waals surface area contributed by atoms with Gasteiger partial charge >= 0.3 is 0 Å². The van der Waals surface area contributed by atoms with Crippen LogP contribution in [0.4, 0.5) is 0 Å². The summed E-state index contributed by atoms with van der Waals surface area (Å²) >= 11 is 0. The molecule has 4 N–H and O–H groups in total. The summed E-state index contributed by atoms with van der Waals surface area (Å²) in [5.74, 6) is 0. The minimum absolute atomic E-state index is 0.106. The molecule has 92 valence electrons. The summed E-state index contributed by atoms with van der Waals surface area (Å²) in [5.41, 5.74) is 0. The summed E-state index contributed by atoms with van der Waals surface area (Å²) in [6.45, 7) is 2.48. The highest BCUT2D eigenvalue weighted by Gasteiger charge is 2.23. The zero-order valence-corrected chi connectivity index (χ0v) is 8.87. The van der Waals surface area contributed by atoms with Crippen LogP contribution in [0.15, 0.2) is 0 Å². The van der Waals surface area contributed by atoms with Crippen molar-refractivity contribution in [3.8, 4) is 0 Å². The molecule has 0 rings (SSSR count). The Kier molecular flexibility index (Phi) is 8.88. The van der Waals surface area contributed by atoms with Gasteiger partial charge < -0.3 is 29.9 Å². The van der Waals surface area contributed by atoms with Crippen molar-refractivity contribution in [1.82, 2.24) is 0 Å². The number of rotatable bonds is 9. The number of aliphatic hydroxyl groups is 4. The third-order valence-corrected chi connectivity index (χ3v) is 1.84. The lowest BCUT2D eigenvalue weighted by Crippen LogP contribution is -2.42. The van der Waals surface area contributed by atoms with Crippen LogP contribution < -0.4 is 0 Å². The first-order valence-electron chi connectivity index (χ1n) is 4.94. The van der Waals surface area contributed by atoms with Gasteiger partial charge in [-0.2, -0.15) is 0 Å². The quantitative estimate of drug-likeness (QED) is 0.342. The van der Waals surface area contributed by atoms with E-state index in [1.165, 1.54) is 0 Å². The maximum absolute atomic E-state index is 9.29. The summed E-state index contributed by atoms with van der Waals surface area (Å²) in [6, 6.07) is 0. The average molecular weight is 224 g/mol. The van der Waals surface area contributed by atoms with Gasteiger partial charge in [-0.15, -0.1) is 0 Å². The molecule has 6 nitrogen and oxygen atoms in total. The van der Waals surface area contributed by atoms with E-state index in [2.05, 4.69) is 0 Å². The first-order valence-corrected chi connectivity index (χ1v) is 4.94. The van der Waals surface area contributed by atoms with Gasteiger partial charge in [0.15, 0.2) is 0 Å². The zero-order valence-electron chi connectivity index (χ0n) is 8.87. The number of ether oxygens (including phenoxy) is 2. The lowest BCUT2D eigenvalue weighted by atomic mass is 10.1. The molecule has 0 aromatic carbocycles. The van der Waals surface area contributed by atoms with Crippen LogP contribution in [0.1, 0.15) is 6.92 Å². The summed E-state index contributed by atoms with van der Waals surface area (Å²) < 4.78 is 9.97. The monoisotopic (exact) mass is 224 g/mol. The Morgan fingerprint density at radius 3 is 2.13 bits per heavy atom. The van der Waals surface area contributed by atoms with E-state index in [0.717, 1.165) is 0 Å². The number of hydrogen-bond acceptors (Lipinski definition) is 6. The summed E-state index contributed by atoms with van der Waals surface area (Å²) in [7, 11) is 0. The highest BCUT2D eigenvalue weighted by atomic mass is 16.5. The van der Waals surface area contributed by atoms with Crippen LogP contribution in [0, 0.1) is 0 Å². The first-order chi connectivity index (χ1) is 7.13. The van der Waals surface area contributed by atoms with Crippen LogP contribution in [-0.2, 0) is 9.47 Å². The summed E-state index contributed by atoms with van der Waals surface area (Å²) in [5, 5.41) is 36.0. The molecular weight excluding hydrogens is 204 g/mol. The third kappa shape index (κ3) is 6.77. The molecule has 0 aliphatic rings. The van der Waals surface area contributed by atoms with Gasteiger partial charge in [0, 0.05) is 6.61 Å². The van der Waals surface area contributed by atoms with Gasteiger partial charge in [-0.05, 0) is 6.92 Å². The second-order valence-corrected chi connectivity index (χ2v) is 3.08. The molecule has 0 radical (unpaired) electrons. The van der Waals surface area contributed by atoms with Crippen LogP contribution in [0.3, 0.4) is 0 Å². The number of hydrogen-bond donors (Lipinski definition) is 4. The Bertz CT molecular complexity index is 143. The molecular formula is C9H20O6. The fraction of sp³-hybridized carbons (Fsp3) is 1.00. The van der Waals surface area contributed by atoms with Crippen molar-refractivity contribution in [2.24, 2.45) is 0 Å². The zero-order chi connectivity index (χ0) is 11.7. The van der Waals surface area contributed by atoms with E-state index in [-0.39, 0.29) is 6.61 Å². The fourth-order valence-corrected chi connectivity index (χ4v) is 0.929. The molecule has 3 atom stereocenters. The van der Waals surface area contributed by atoms with Crippen molar-refractivity contribution >= 4 is 0 Å². The van der Waals surface area contributed by atoms with Gasteiger partial charge in [0.1, 0.15) is 18.3 Å². The Hall–Kier alpha value is -0.240. The van der Waals surface area contributed by atoms with Gasteiger partial charge in [0.25, 0.3) is 0 Å². The van der Waals surface area contributed by atoms with E-state index in [1.54, 1.807) is 0 Å². The van der Waals surface area contributed by atoms with E-state index in [1.807, 2.05) is 6.92 Å². The van der Waals surface area contributed by atoms with Gasteiger partial charge in [-0.25, -0.2) is 0 Å². The van der Waals surface area contributed by atoms with E-state index in [4.69, 9.17) is 19.7 Å². The molecule has 0 saturated heterocycles. The predicted octanol–water partition coefficient (Wildman–Crippen LogP) is -1.89. The van der Waals surface area contributed by atoms with Crippen molar-refractivity contribution in [3.05, 3.63) is 0 Å². The highest BCUT2D eigenvalue weighted by molar-refractivity contribution is 4.74. The highest BCUT2D eigenvalue weighted by Crippen LogP contribution is 2.00. The van der Waals surface area contributed by atoms with E-state index in [0.29, 0.717) is 19.8 Å². The van der Waals surface area contributed by atoms with Crippen LogP contribution in [0.25, 0.3) is 0 Å². The largest absolute Gasteiger partial charge is 0.394 e. The molecule has 0 bridgehead atoms. The van der Waals surface area contributed by atoms with Gasteiger partial charge in [0.05, 0.1) is 26.4 Å². The van der Waals surface area contributed by atoms with E-state index in [9.17, 15) is 10.2 Å². The van der Waals surface area contributed by atoms with Gasteiger partial charge in [0.2, 0.25) is 0 Å². The second-order valence-electron chi connectivity index (χ2n) is 3.08. The van der Waals surface area contributed by atoms with E-state index < -0.39 is 24.9 Å². The summed E-state index contributed by atoms with van der Waals surface area (Å²) in [4.78, 5) is 0. The van der Waals surface area contributed by atoms with Gasteiger partial charge in [-0.1, -0.05) is 0 Å². The SMILES string of the molecule is CCOCCOCC(O)C(O)C(O)CO. The maximum atomic E-state index is 9.29. The minimum atomic E-state index is -1.40. The Morgan fingerprint density at radius 1 is 1.00 bits per heavy atom. The van der Waals surface area contributed by atoms with Crippen LogP contribution in [0.2, 0.25) is 0 Å². The van der Waals surface area contributed by atoms with Crippen molar-refractivity contribution in [3.63, 3.8) is 0 Å². The molecule has 0 amide bonds. The minimum Gasteiger partial charge on any atom is -0.394 e. The second kappa shape index (κ2) is 9.02. The summed E-state index contributed by atoms with van der Waals surface area (Å²) in [6.07, 6.45) is -3.97. The number of aliphatic hydroxyl groups excluding tert-OH is 4. The molecule has 0 spiro atoms. The Labute approximate surface area is 89.1 Å². The Balaban J connectivity index is 3.50. The molecule has 0 heterocycles. The Morgan fingerprint density at radius 2 is 1.60 bits per heavy atom. The third-order valence-electron chi connectivity index (χ3n) is 1.84. The topological polar surface area (TPSA) is 99.4 Å². The van der Waals surface area contributed by atoms with Crippen LogP contribution in [-0.4, -0.2) is 71.8 Å². The van der Waals surface area contributed by atoms with Crippen LogP contribution >= 0.6 is 0 Å². The molecule has 15 heavy (non-hydrogen) atoms. The fourth-order valence-electron chi connectivity index (χ4n) is 0.929. The molecule has 0 saturated carbocycles. The predicted molar refractivity (Wildman–Crippen MR) is 52.4 cm³/mol. The smallest absolute Gasteiger partial charge is 0.110 e. The average Bonchev–Trinajstić information content (AvgIpc) is 2.26. The van der Waals surface area contributed by atoms with Crippen molar-refractivity contribution in [2.45, 2.75) is 25.2 Å². The van der Waals surface area contributed by atoms with Gasteiger partial charge in [-0.3, -0.25) is 0 Å². The first kappa shape index (κ1) is 14.8. The molecule has 3 unspecified atom stereocenters. The van der Waals surface area contributed by atoms with Crippen molar-refractivity contribution in [2.75, 3.05) is 33.0 Å². The van der Waals surface area contributed by atoms with Crippen molar-refractivity contribution in [1.29, 1.82) is 0 Å². The van der Waals surface area contributed by atoms with Crippen molar-refractivity contribution < 1.29 is 29.9 Å². The lowest BCUT2D eigenvalue weighted by Gasteiger charge is -2.21. The normalized spacial score (nSPS) is 17.4. The molecule has 0 aromatic rings. The van der Waals surface area contributed by atoms with Crippen LogP contribution in [0.5, 0.6) is 0 Å². The molecule has 0 aliphatic carbocycles. The van der Waals surface area contributed by atoms with E-state index >= 15 is 0 Å². The lowest BCUT2D eigenvalue weighted by molar-refractivity contribution is -0.102. The molecule has 0 aliphatic heterocycles. The molecule has 0 fully saturated rings. The standard InChI is InChI=1S/C9H20O6/c1-2-14-3-4-15-6-8(12)9(13)7(11)5-10/h7-13H,2-6H2,1H3.